The number of alkyl halides is 1. The number of halogens is 1. The van der Waals surface area contributed by atoms with Gasteiger partial charge in [-0.15, -0.1) is 0 Å². The third-order valence-electron chi connectivity index (χ3n) is 5.63. The van der Waals surface area contributed by atoms with E-state index in [4.69, 9.17) is 5.26 Å². The molecule has 1 heterocycles. The molecule has 2 saturated carbocycles. The molecule has 0 aromatic heterocycles. The Kier molecular flexibility index (Phi) is 4.13. The highest BCUT2D eigenvalue weighted by molar-refractivity contribution is 5.79. The lowest BCUT2D eigenvalue weighted by Crippen LogP contribution is -2.48. The number of fused-ring (bicyclic) bond motifs is 1. The Hall–Kier alpha value is -1.19. The van der Waals surface area contributed by atoms with Gasteiger partial charge in [-0.3, -0.25) is 4.79 Å². The molecule has 0 spiro atoms. The van der Waals surface area contributed by atoms with Gasteiger partial charge in [-0.05, 0) is 44.4 Å². The zero-order valence-electron chi connectivity index (χ0n) is 13.0. The molecule has 1 aliphatic heterocycles. The highest BCUT2D eigenvalue weighted by atomic mass is 19.1. The van der Waals surface area contributed by atoms with Gasteiger partial charge in [0.25, 0.3) is 0 Å². The molecule has 6 heteroatoms. The lowest BCUT2D eigenvalue weighted by molar-refractivity contribution is -0.130. The van der Waals surface area contributed by atoms with Crippen LogP contribution in [0.4, 0.5) is 4.39 Å². The molecule has 0 aromatic carbocycles. The summed E-state index contributed by atoms with van der Waals surface area (Å²) in [6.45, 7) is 2.31. The van der Waals surface area contributed by atoms with E-state index in [1.165, 1.54) is 4.90 Å². The molecular weight excluding hydrogens is 285 g/mol. The van der Waals surface area contributed by atoms with Crippen molar-refractivity contribution in [2.75, 3.05) is 13.1 Å². The number of hydrogen-bond donors (Lipinski definition) is 2. The molecule has 4 atom stereocenters. The lowest BCUT2D eigenvalue weighted by Gasteiger charge is -2.29. The van der Waals surface area contributed by atoms with Crippen LogP contribution in [-0.4, -0.2) is 52.9 Å². The molecule has 1 saturated heterocycles. The van der Waals surface area contributed by atoms with Gasteiger partial charge < -0.3 is 15.3 Å². The monoisotopic (exact) mass is 309 g/mol. The Morgan fingerprint density at radius 3 is 2.64 bits per heavy atom. The molecule has 3 rings (SSSR count). The second-order valence-corrected chi connectivity index (χ2v) is 7.49. The van der Waals surface area contributed by atoms with Gasteiger partial charge in [0.15, 0.2) is 0 Å². The number of amides is 1. The fraction of sp³-hybridized carbons (Fsp3) is 0.875. The second kappa shape index (κ2) is 5.78. The van der Waals surface area contributed by atoms with E-state index in [-0.39, 0.29) is 37.1 Å². The number of aliphatic hydroxyl groups is 1. The summed E-state index contributed by atoms with van der Waals surface area (Å²) in [7, 11) is 0. The third-order valence-corrected chi connectivity index (χ3v) is 5.63. The molecule has 3 fully saturated rings. The molecule has 22 heavy (non-hydrogen) atoms. The summed E-state index contributed by atoms with van der Waals surface area (Å²) in [5.41, 5.74) is -0.0951. The first kappa shape index (κ1) is 15.7. The topological polar surface area (TPSA) is 76.4 Å². The summed E-state index contributed by atoms with van der Waals surface area (Å²) >= 11 is 0. The van der Waals surface area contributed by atoms with Crippen LogP contribution in [0.3, 0.4) is 0 Å². The maximum Gasteiger partial charge on any atom is 0.237 e. The molecule has 1 amide bonds. The van der Waals surface area contributed by atoms with Crippen LogP contribution < -0.4 is 5.32 Å². The van der Waals surface area contributed by atoms with Gasteiger partial charge in [0.1, 0.15) is 12.2 Å². The van der Waals surface area contributed by atoms with Crippen LogP contribution in [0.5, 0.6) is 0 Å². The highest BCUT2D eigenvalue weighted by Gasteiger charge is 2.47. The van der Waals surface area contributed by atoms with Crippen molar-refractivity contribution >= 4 is 5.91 Å². The van der Waals surface area contributed by atoms with Crippen molar-refractivity contribution in [1.82, 2.24) is 10.2 Å². The SMILES string of the molecule is CC1(NCC(=O)N2CC(F)CC2C#N)CC2CC(O)CC2C1. The highest BCUT2D eigenvalue weighted by Crippen LogP contribution is 2.48. The van der Waals surface area contributed by atoms with E-state index in [0.717, 1.165) is 25.7 Å². The molecule has 3 aliphatic rings. The van der Waals surface area contributed by atoms with Gasteiger partial charge in [0, 0.05) is 12.0 Å². The van der Waals surface area contributed by atoms with E-state index in [1.807, 2.05) is 6.07 Å². The van der Waals surface area contributed by atoms with Gasteiger partial charge in [-0.2, -0.15) is 5.26 Å². The van der Waals surface area contributed by atoms with Crippen LogP contribution in [0.15, 0.2) is 0 Å². The van der Waals surface area contributed by atoms with Crippen LogP contribution in [0.1, 0.15) is 39.0 Å². The molecule has 0 bridgehead atoms. The zero-order chi connectivity index (χ0) is 15.9. The minimum atomic E-state index is -1.09. The Balaban J connectivity index is 1.53. The van der Waals surface area contributed by atoms with Crippen LogP contribution >= 0.6 is 0 Å². The van der Waals surface area contributed by atoms with E-state index < -0.39 is 12.2 Å². The third kappa shape index (κ3) is 2.97. The zero-order valence-corrected chi connectivity index (χ0v) is 13.0. The summed E-state index contributed by atoms with van der Waals surface area (Å²) in [6, 6.07) is 1.38. The molecule has 2 aliphatic carbocycles. The predicted molar refractivity (Wildman–Crippen MR) is 78.5 cm³/mol. The fourth-order valence-electron chi connectivity index (χ4n) is 4.64. The molecular formula is C16H24FN3O2. The van der Waals surface area contributed by atoms with Crippen molar-refractivity contribution in [3.63, 3.8) is 0 Å². The summed E-state index contributed by atoms with van der Waals surface area (Å²) < 4.78 is 13.4. The number of carbonyl (C=O) groups is 1. The standard InChI is InChI=1S/C16H24FN3O2/c1-16(5-10-2-14(21)3-11(10)6-16)19-8-15(22)20-9-12(17)4-13(20)7-18/h10-14,19,21H,2-6,8-9H2,1H3. The molecule has 4 unspecified atom stereocenters. The minimum absolute atomic E-state index is 0.0346. The number of likely N-dealkylation sites (tertiary alicyclic amines) is 1. The van der Waals surface area contributed by atoms with E-state index in [1.54, 1.807) is 0 Å². The quantitative estimate of drug-likeness (QED) is 0.815. The maximum atomic E-state index is 13.4. The van der Waals surface area contributed by atoms with Crippen molar-refractivity contribution in [2.24, 2.45) is 11.8 Å². The number of aliphatic hydroxyl groups excluding tert-OH is 1. The first-order valence-corrected chi connectivity index (χ1v) is 8.16. The first-order valence-electron chi connectivity index (χ1n) is 8.16. The van der Waals surface area contributed by atoms with Crippen molar-refractivity contribution < 1.29 is 14.3 Å². The second-order valence-electron chi connectivity index (χ2n) is 7.49. The van der Waals surface area contributed by atoms with E-state index >= 15 is 0 Å². The lowest BCUT2D eigenvalue weighted by atomic mass is 9.96. The van der Waals surface area contributed by atoms with Crippen molar-refractivity contribution in [1.29, 1.82) is 5.26 Å². The molecule has 122 valence electrons. The van der Waals surface area contributed by atoms with Crippen molar-refractivity contribution in [3.05, 3.63) is 0 Å². The number of carbonyl (C=O) groups excluding carboxylic acids is 1. The fourth-order valence-corrected chi connectivity index (χ4v) is 4.64. The minimum Gasteiger partial charge on any atom is -0.393 e. The largest absolute Gasteiger partial charge is 0.393 e. The number of hydrogen-bond acceptors (Lipinski definition) is 4. The number of nitriles is 1. The van der Waals surface area contributed by atoms with E-state index in [0.29, 0.717) is 11.8 Å². The molecule has 5 nitrogen and oxygen atoms in total. The van der Waals surface area contributed by atoms with Crippen molar-refractivity contribution in [2.45, 2.75) is 62.9 Å². The average molecular weight is 309 g/mol. The molecule has 0 radical (unpaired) electrons. The smallest absolute Gasteiger partial charge is 0.237 e. The van der Waals surface area contributed by atoms with E-state index in [2.05, 4.69) is 12.2 Å². The van der Waals surface area contributed by atoms with Crippen LogP contribution in [0.25, 0.3) is 0 Å². The summed E-state index contributed by atoms with van der Waals surface area (Å²) in [5, 5.41) is 22.0. The Morgan fingerprint density at radius 2 is 2.05 bits per heavy atom. The number of rotatable bonds is 3. The van der Waals surface area contributed by atoms with Gasteiger partial charge in [0.05, 0.1) is 25.3 Å². The van der Waals surface area contributed by atoms with Gasteiger partial charge in [-0.1, -0.05) is 0 Å². The van der Waals surface area contributed by atoms with Crippen LogP contribution in [-0.2, 0) is 4.79 Å². The summed E-state index contributed by atoms with van der Waals surface area (Å²) in [6.07, 6.45) is 2.54. The summed E-state index contributed by atoms with van der Waals surface area (Å²) in [5.74, 6) is 0.887. The van der Waals surface area contributed by atoms with E-state index in [9.17, 15) is 14.3 Å². The first-order chi connectivity index (χ1) is 10.4. The normalized spacial score (nSPS) is 44.1. The average Bonchev–Trinajstić information content (AvgIpc) is 3.07. The van der Waals surface area contributed by atoms with Crippen LogP contribution in [0, 0.1) is 23.2 Å². The summed E-state index contributed by atoms with van der Waals surface area (Å²) in [4.78, 5) is 13.6. The molecule has 0 aromatic rings. The Bertz CT molecular complexity index is 478. The van der Waals surface area contributed by atoms with Crippen LogP contribution in [0.2, 0.25) is 0 Å². The maximum absolute atomic E-state index is 13.4. The number of nitrogens with zero attached hydrogens (tertiary/aromatic N) is 2. The molecule has 2 N–H and O–H groups in total. The Morgan fingerprint density at radius 1 is 1.41 bits per heavy atom. The van der Waals surface area contributed by atoms with Gasteiger partial charge in [0.2, 0.25) is 5.91 Å². The predicted octanol–water partition coefficient (Wildman–Crippen LogP) is 0.978. The number of nitrogens with one attached hydrogen (secondary N) is 1. The van der Waals surface area contributed by atoms with Crippen molar-refractivity contribution in [3.8, 4) is 6.07 Å². The Labute approximate surface area is 130 Å². The van der Waals surface area contributed by atoms with Gasteiger partial charge in [-0.25, -0.2) is 4.39 Å². The van der Waals surface area contributed by atoms with Gasteiger partial charge >= 0.3 is 0 Å².